The number of hydrogen-bond acceptors (Lipinski definition) is 4. The molecule has 2 atom stereocenters. The van der Waals surface area contributed by atoms with E-state index in [1.807, 2.05) is 24.3 Å². The van der Waals surface area contributed by atoms with E-state index in [4.69, 9.17) is 0 Å². The maximum absolute atomic E-state index is 13.9. The van der Waals surface area contributed by atoms with E-state index in [-0.39, 0.29) is 28.5 Å². The van der Waals surface area contributed by atoms with Gasteiger partial charge >= 0.3 is 0 Å². The molecule has 7 rings (SSSR count). The summed E-state index contributed by atoms with van der Waals surface area (Å²) in [4.78, 5) is 29.1. The molecular formula is C28H26N2O4S. The molecule has 1 saturated heterocycles. The highest BCUT2D eigenvalue weighted by molar-refractivity contribution is 7.89. The van der Waals surface area contributed by atoms with Crippen LogP contribution in [0.1, 0.15) is 47.9 Å². The molecule has 3 aliphatic carbocycles. The van der Waals surface area contributed by atoms with Crippen LogP contribution in [0.15, 0.2) is 77.7 Å². The van der Waals surface area contributed by atoms with Crippen LogP contribution >= 0.6 is 0 Å². The lowest BCUT2D eigenvalue weighted by Gasteiger charge is -2.45. The summed E-state index contributed by atoms with van der Waals surface area (Å²) in [5.74, 6) is -1.89. The number of imide groups is 1. The van der Waals surface area contributed by atoms with Crippen molar-refractivity contribution in [3.05, 3.63) is 95.1 Å². The zero-order valence-electron chi connectivity index (χ0n) is 19.6. The monoisotopic (exact) mass is 486 g/mol. The van der Waals surface area contributed by atoms with Gasteiger partial charge in [0, 0.05) is 24.9 Å². The van der Waals surface area contributed by atoms with Crippen LogP contribution in [0.5, 0.6) is 0 Å². The lowest BCUT2D eigenvalue weighted by Crippen LogP contribution is -2.41. The van der Waals surface area contributed by atoms with Gasteiger partial charge in [0.05, 0.1) is 22.4 Å². The molecule has 3 aromatic carbocycles. The Bertz CT molecular complexity index is 1360. The first-order chi connectivity index (χ1) is 16.9. The lowest BCUT2D eigenvalue weighted by molar-refractivity contribution is -0.122. The highest BCUT2D eigenvalue weighted by Gasteiger charge is 2.61. The fraction of sp³-hybridized carbons (Fsp3) is 0.286. The summed E-state index contributed by atoms with van der Waals surface area (Å²) in [6.45, 7) is 4.26. The van der Waals surface area contributed by atoms with E-state index in [2.05, 4.69) is 24.3 Å². The molecule has 0 aromatic heterocycles. The fourth-order valence-corrected chi connectivity index (χ4v) is 7.93. The van der Waals surface area contributed by atoms with Crippen molar-refractivity contribution in [1.82, 2.24) is 4.31 Å². The molecule has 0 spiro atoms. The Balaban J connectivity index is 1.47. The second-order valence-corrected chi connectivity index (χ2v) is 11.3. The van der Waals surface area contributed by atoms with Crippen molar-refractivity contribution in [2.45, 2.75) is 30.6 Å². The van der Waals surface area contributed by atoms with Crippen LogP contribution in [0.25, 0.3) is 0 Å². The molecule has 0 saturated carbocycles. The molecule has 1 fully saturated rings. The van der Waals surface area contributed by atoms with Gasteiger partial charge < -0.3 is 0 Å². The van der Waals surface area contributed by atoms with Gasteiger partial charge in [0.2, 0.25) is 21.8 Å². The van der Waals surface area contributed by atoms with Crippen LogP contribution < -0.4 is 4.90 Å². The minimum absolute atomic E-state index is 0.0868. The van der Waals surface area contributed by atoms with Crippen molar-refractivity contribution in [2.24, 2.45) is 11.8 Å². The molecule has 178 valence electrons. The predicted molar refractivity (Wildman–Crippen MR) is 133 cm³/mol. The van der Waals surface area contributed by atoms with E-state index in [1.165, 1.54) is 21.3 Å². The van der Waals surface area contributed by atoms with Gasteiger partial charge in [-0.3, -0.25) is 9.59 Å². The van der Waals surface area contributed by atoms with Gasteiger partial charge in [0.25, 0.3) is 0 Å². The molecule has 3 aromatic rings. The number of anilines is 1. The Morgan fingerprint density at radius 1 is 0.714 bits per heavy atom. The Labute approximate surface area is 205 Å². The summed E-state index contributed by atoms with van der Waals surface area (Å²) < 4.78 is 27.6. The number of sulfonamides is 1. The van der Waals surface area contributed by atoms with E-state index in [1.54, 1.807) is 26.0 Å². The standard InChI is InChI=1S/C28H26N2O4S/c1-3-29(4-2)35(33,34)18-11-9-10-17(16-18)30-27(31)25-23-19-12-5-6-13-20(19)24(26(25)28(30)32)22-15-8-7-14-21(22)23/h5-16,23-26H,3-4H2,1-2H3/t23?,24?,25-,26-/m1/s1. The molecule has 4 aliphatic rings. The minimum Gasteiger partial charge on any atom is -0.274 e. The van der Waals surface area contributed by atoms with E-state index in [0.29, 0.717) is 18.8 Å². The maximum Gasteiger partial charge on any atom is 0.243 e. The van der Waals surface area contributed by atoms with Gasteiger partial charge in [-0.15, -0.1) is 0 Å². The second-order valence-electron chi connectivity index (χ2n) is 9.36. The van der Waals surface area contributed by atoms with Crippen molar-refractivity contribution >= 4 is 27.5 Å². The first kappa shape index (κ1) is 22.2. The number of carbonyl (C=O) groups is 2. The van der Waals surface area contributed by atoms with Crippen LogP contribution in [0.2, 0.25) is 0 Å². The molecule has 0 N–H and O–H groups in total. The quantitative estimate of drug-likeness (QED) is 0.509. The van der Waals surface area contributed by atoms with E-state index < -0.39 is 21.9 Å². The molecular weight excluding hydrogens is 460 g/mol. The zero-order valence-corrected chi connectivity index (χ0v) is 20.4. The van der Waals surface area contributed by atoms with Crippen LogP contribution in [-0.2, 0) is 19.6 Å². The van der Waals surface area contributed by atoms with Gasteiger partial charge in [0.15, 0.2) is 0 Å². The van der Waals surface area contributed by atoms with Gasteiger partial charge in [-0.25, -0.2) is 13.3 Å². The third-order valence-electron chi connectivity index (χ3n) is 7.87. The van der Waals surface area contributed by atoms with E-state index >= 15 is 0 Å². The molecule has 7 heteroatoms. The Hall–Kier alpha value is -3.29. The average molecular weight is 487 g/mol. The highest BCUT2D eigenvalue weighted by atomic mass is 32.2. The van der Waals surface area contributed by atoms with Gasteiger partial charge in [-0.05, 0) is 40.5 Å². The third kappa shape index (κ3) is 2.95. The third-order valence-corrected chi connectivity index (χ3v) is 9.91. The number of nitrogens with zero attached hydrogens (tertiary/aromatic N) is 2. The largest absolute Gasteiger partial charge is 0.274 e. The molecule has 1 heterocycles. The SMILES string of the molecule is CCN(CC)S(=O)(=O)c1cccc(N2C(=O)[C@@H]3C4c5ccccc5C(c5ccccc54)[C@H]3C2=O)c1. The number of rotatable bonds is 5. The normalized spacial score (nSPS) is 24.5. The Kier molecular flexibility index (Phi) is 4.99. The number of hydrogen-bond donors (Lipinski definition) is 0. The Morgan fingerprint density at radius 2 is 1.17 bits per heavy atom. The van der Waals surface area contributed by atoms with Gasteiger partial charge in [-0.2, -0.15) is 4.31 Å². The minimum atomic E-state index is -3.73. The average Bonchev–Trinajstić information content (AvgIpc) is 3.15. The highest BCUT2D eigenvalue weighted by Crippen LogP contribution is 2.61. The summed E-state index contributed by atoms with van der Waals surface area (Å²) in [6, 6.07) is 22.4. The molecule has 0 radical (unpaired) electrons. The summed E-state index contributed by atoms with van der Waals surface area (Å²) >= 11 is 0. The van der Waals surface area contributed by atoms with E-state index in [9.17, 15) is 18.0 Å². The molecule has 2 amide bonds. The summed E-state index contributed by atoms with van der Waals surface area (Å²) in [6.07, 6.45) is 0. The molecule has 1 aliphatic heterocycles. The van der Waals surface area contributed by atoms with Crippen molar-refractivity contribution in [3.63, 3.8) is 0 Å². The molecule has 35 heavy (non-hydrogen) atoms. The van der Waals surface area contributed by atoms with Crippen molar-refractivity contribution in [2.75, 3.05) is 18.0 Å². The van der Waals surface area contributed by atoms with Crippen LogP contribution in [-0.4, -0.2) is 37.6 Å². The van der Waals surface area contributed by atoms with Crippen molar-refractivity contribution < 1.29 is 18.0 Å². The van der Waals surface area contributed by atoms with Crippen LogP contribution in [0, 0.1) is 11.8 Å². The lowest BCUT2D eigenvalue weighted by atomic mass is 9.55. The zero-order chi connectivity index (χ0) is 24.5. The molecule has 6 nitrogen and oxygen atoms in total. The first-order valence-electron chi connectivity index (χ1n) is 12.1. The smallest absolute Gasteiger partial charge is 0.243 e. The van der Waals surface area contributed by atoms with Gasteiger partial charge in [-0.1, -0.05) is 68.4 Å². The summed E-state index contributed by atoms with van der Waals surface area (Å²) in [5.41, 5.74) is 4.75. The van der Waals surface area contributed by atoms with Gasteiger partial charge in [0.1, 0.15) is 0 Å². The number of carbonyl (C=O) groups excluding carboxylic acids is 2. The maximum atomic E-state index is 13.9. The van der Waals surface area contributed by atoms with Crippen LogP contribution in [0.4, 0.5) is 5.69 Å². The fourth-order valence-electron chi connectivity index (χ4n) is 6.43. The van der Waals surface area contributed by atoms with Crippen molar-refractivity contribution in [3.8, 4) is 0 Å². The predicted octanol–water partition coefficient (Wildman–Crippen LogP) is 4.11. The Morgan fingerprint density at radius 3 is 1.60 bits per heavy atom. The second kappa shape index (κ2) is 7.86. The first-order valence-corrected chi connectivity index (χ1v) is 13.5. The van der Waals surface area contributed by atoms with E-state index in [0.717, 1.165) is 22.3 Å². The molecule has 2 bridgehead atoms. The number of amides is 2. The topological polar surface area (TPSA) is 74.8 Å². The van der Waals surface area contributed by atoms with Crippen molar-refractivity contribution in [1.29, 1.82) is 0 Å². The van der Waals surface area contributed by atoms with Crippen LogP contribution in [0.3, 0.4) is 0 Å². The summed E-state index contributed by atoms with van der Waals surface area (Å²) in [5, 5.41) is 0. The summed E-state index contributed by atoms with van der Waals surface area (Å²) in [7, 11) is -3.73. The molecule has 0 unspecified atom stereocenters. The number of benzene rings is 3.